The van der Waals surface area contributed by atoms with Gasteiger partial charge in [-0.1, -0.05) is 5.16 Å². The monoisotopic (exact) mass is 288 g/mol. The van der Waals surface area contributed by atoms with Crippen molar-refractivity contribution in [2.24, 2.45) is 0 Å². The number of imidazole rings is 1. The van der Waals surface area contributed by atoms with Crippen molar-refractivity contribution in [2.75, 3.05) is 13.1 Å². The zero-order valence-electron chi connectivity index (χ0n) is 12.7. The molecule has 0 aromatic carbocycles. The first-order valence-electron chi connectivity index (χ1n) is 7.29. The quantitative estimate of drug-likeness (QED) is 0.850. The minimum Gasteiger partial charge on any atom is -0.361 e. The summed E-state index contributed by atoms with van der Waals surface area (Å²) in [7, 11) is 0. The minimum absolute atomic E-state index is 0.0220. The Labute approximate surface area is 123 Å². The maximum Gasteiger partial charge on any atom is 0.259 e. The highest BCUT2D eigenvalue weighted by atomic mass is 16.5. The third-order valence-corrected chi connectivity index (χ3v) is 4.19. The number of amides is 1. The number of carbonyl (C=O) groups excluding carboxylic acids is 1. The third-order valence-electron chi connectivity index (χ3n) is 4.19. The molecule has 0 saturated carbocycles. The van der Waals surface area contributed by atoms with Crippen molar-refractivity contribution in [1.82, 2.24) is 19.6 Å². The lowest BCUT2D eigenvalue weighted by Crippen LogP contribution is -2.41. The van der Waals surface area contributed by atoms with Gasteiger partial charge < -0.3 is 14.0 Å². The van der Waals surface area contributed by atoms with Gasteiger partial charge in [0, 0.05) is 25.5 Å². The molecule has 1 amide bonds. The third kappa shape index (κ3) is 2.46. The van der Waals surface area contributed by atoms with Gasteiger partial charge in [0.15, 0.2) is 0 Å². The van der Waals surface area contributed by atoms with E-state index in [1.807, 2.05) is 31.1 Å². The van der Waals surface area contributed by atoms with Crippen molar-refractivity contribution in [1.29, 1.82) is 0 Å². The maximum absolute atomic E-state index is 12.7. The van der Waals surface area contributed by atoms with Crippen LogP contribution < -0.4 is 0 Å². The van der Waals surface area contributed by atoms with Crippen LogP contribution in [0, 0.1) is 20.8 Å². The minimum atomic E-state index is 0.0220. The van der Waals surface area contributed by atoms with E-state index >= 15 is 0 Å². The first-order valence-corrected chi connectivity index (χ1v) is 7.29. The van der Waals surface area contributed by atoms with Crippen molar-refractivity contribution in [3.05, 3.63) is 35.2 Å². The summed E-state index contributed by atoms with van der Waals surface area (Å²) < 4.78 is 7.27. The molecule has 2 aromatic rings. The average molecular weight is 288 g/mol. The molecule has 1 aliphatic heterocycles. The molecule has 112 valence electrons. The van der Waals surface area contributed by atoms with Gasteiger partial charge >= 0.3 is 0 Å². The summed E-state index contributed by atoms with van der Waals surface area (Å²) in [5, 5.41) is 3.88. The predicted octanol–water partition coefficient (Wildman–Crippen LogP) is 2.27. The molecule has 0 bridgehead atoms. The molecule has 21 heavy (non-hydrogen) atoms. The van der Waals surface area contributed by atoms with Gasteiger partial charge in [0.25, 0.3) is 5.91 Å². The Hall–Kier alpha value is -2.11. The van der Waals surface area contributed by atoms with Gasteiger partial charge in [-0.2, -0.15) is 0 Å². The number of aryl methyl sites for hydroxylation is 3. The summed E-state index contributed by atoms with van der Waals surface area (Å²) in [5.41, 5.74) is 1.27. The zero-order valence-corrected chi connectivity index (χ0v) is 12.7. The largest absolute Gasteiger partial charge is 0.361 e. The second kappa shape index (κ2) is 5.35. The summed E-state index contributed by atoms with van der Waals surface area (Å²) in [5.74, 6) is 1.61. The fourth-order valence-electron chi connectivity index (χ4n) is 3.09. The molecule has 0 radical (unpaired) electrons. The van der Waals surface area contributed by atoms with Crippen LogP contribution in [-0.2, 0) is 0 Å². The number of hydrogen-bond donors (Lipinski definition) is 0. The van der Waals surface area contributed by atoms with E-state index in [1.165, 1.54) is 0 Å². The van der Waals surface area contributed by atoms with E-state index in [0.717, 1.165) is 25.2 Å². The van der Waals surface area contributed by atoms with E-state index in [9.17, 15) is 4.79 Å². The standard InChI is InChI=1S/C15H20N4O2/c1-10-14(11(2)21-17-10)15(20)18-7-4-5-13(9-18)19-8-6-16-12(19)3/h6,8,13H,4-5,7,9H2,1-3H3/t13-/m1/s1. The molecule has 1 atom stereocenters. The second-order valence-electron chi connectivity index (χ2n) is 5.63. The SMILES string of the molecule is Cc1noc(C)c1C(=O)N1CCC[C@@H](n2ccnc2C)C1. The number of rotatable bonds is 2. The fourth-order valence-corrected chi connectivity index (χ4v) is 3.09. The summed E-state index contributed by atoms with van der Waals surface area (Å²) in [6.07, 6.45) is 5.87. The van der Waals surface area contributed by atoms with Crippen molar-refractivity contribution < 1.29 is 9.32 Å². The maximum atomic E-state index is 12.7. The Bertz CT molecular complexity index is 639. The normalized spacial score (nSPS) is 19.0. The number of nitrogens with zero attached hydrogens (tertiary/aromatic N) is 4. The highest BCUT2D eigenvalue weighted by Crippen LogP contribution is 2.25. The van der Waals surface area contributed by atoms with Crippen LogP contribution in [-0.4, -0.2) is 38.6 Å². The van der Waals surface area contributed by atoms with Crippen LogP contribution in [0.2, 0.25) is 0 Å². The van der Waals surface area contributed by atoms with Gasteiger partial charge in [-0.15, -0.1) is 0 Å². The zero-order chi connectivity index (χ0) is 15.0. The first-order chi connectivity index (χ1) is 10.1. The van der Waals surface area contributed by atoms with Gasteiger partial charge in [-0.3, -0.25) is 4.79 Å². The lowest BCUT2D eigenvalue weighted by Gasteiger charge is -2.33. The van der Waals surface area contributed by atoms with Crippen LogP contribution in [0.5, 0.6) is 0 Å². The van der Waals surface area contributed by atoms with E-state index in [0.29, 0.717) is 29.6 Å². The summed E-state index contributed by atoms with van der Waals surface area (Å²) >= 11 is 0. The van der Waals surface area contributed by atoms with Gasteiger partial charge in [-0.25, -0.2) is 4.98 Å². The first kappa shape index (κ1) is 13.9. The number of aromatic nitrogens is 3. The molecular weight excluding hydrogens is 268 g/mol. The molecular formula is C15H20N4O2. The molecule has 6 nitrogen and oxygen atoms in total. The molecule has 0 aliphatic carbocycles. The molecule has 1 fully saturated rings. The molecule has 0 N–H and O–H groups in total. The molecule has 0 spiro atoms. The van der Waals surface area contributed by atoms with Crippen LogP contribution in [0.3, 0.4) is 0 Å². The van der Waals surface area contributed by atoms with E-state index in [4.69, 9.17) is 4.52 Å². The number of piperidine rings is 1. The van der Waals surface area contributed by atoms with Gasteiger partial charge in [0.05, 0.1) is 11.7 Å². The smallest absolute Gasteiger partial charge is 0.259 e. The van der Waals surface area contributed by atoms with Gasteiger partial charge in [0.2, 0.25) is 0 Å². The predicted molar refractivity (Wildman–Crippen MR) is 77.1 cm³/mol. The van der Waals surface area contributed by atoms with Crippen LogP contribution in [0.15, 0.2) is 16.9 Å². The van der Waals surface area contributed by atoms with E-state index < -0.39 is 0 Å². The summed E-state index contributed by atoms with van der Waals surface area (Å²) in [6.45, 7) is 7.09. The number of carbonyl (C=O) groups is 1. The molecule has 6 heteroatoms. The van der Waals surface area contributed by atoms with Crippen molar-refractivity contribution in [3.63, 3.8) is 0 Å². The Morgan fingerprint density at radius 2 is 2.19 bits per heavy atom. The molecule has 2 aromatic heterocycles. The summed E-state index contributed by atoms with van der Waals surface area (Å²) in [4.78, 5) is 18.9. The number of hydrogen-bond acceptors (Lipinski definition) is 4. The number of likely N-dealkylation sites (tertiary alicyclic amines) is 1. The van der Waals surface area contributed by atoms with Crippen LogP contribution in [0.4, 0.5) is 0 Å². The molecule has 1 saturated heterocycles. The fraction of sp³-hybridized carbons (Fsp3) is 0.533. The van der Waals surface area contributed by atoms with E-state index in [1.54, 1.807) is 6.92 Å². The Balaban J connectivity index is 1.80. The van der Waals surface area contributed by atoms with Crippen molar-refractivity contribution in [2.45, 2.75) is 39.7 Å². The molecule has 3 heterocycles. The summed E-state index contributed by atoms with van der Waals surface area (Å²) in [6, 6.07) is 0.297. The van der Waals surface area contributed by atoms with E-state index in [2.05, 4.69) is 14.7 Å². The Morgan fingerprint density at radius 1 is 1.38 bits per heavy atom. The highest BCUT2D eigenvalue weighted by molar-refractivity contribution is 5.96. The van der Waals surface area contributed by atoms with Crippen LogP contribution in [0.25, 0.3) is 0 Å². The van der Waals surface area contributed by atoms with Crippen LogP contribution >= 0.6 is 0 Å². The van der Waals surface area contributed by atoms with Gasteiger partial charge in [0.1, 0.15) is 17.1 Å². The van der Waals surface area contributed by atoms with Gasteiger partial charge in [-0.05, 0) is 33.6 Å². The van der Waals surface area contributed by atoms with E-state index in [-0.39, 0.29) is 5.91 Å². The Morgan fingerprint density at radius 3 is 2.81 bits per heavy atom. The van der Waals surface area contributed by atoms with Crippen molar-refractivity contribution >= 4 is 5.91 Å². The Kier molecular flexibility index (Phi) is 3.53. The second-order valence-corrected chi connectivity index (χ2v) is 5.63. The lowest BCUT2D eigenvalue weighted by atomic mass is 10.0. The van der Waals surface area contributed by atoms with Crippen LogP contribution in [0.1, 0.15) is 46.5 Å². The average Bonchev–Trinajstić information content (AvgIpc) is 3.05. The molecule has 3 rings (SSSR count). The topological polar surface area (TPSA) is 64.2 Å². The van der Waals surface area contributed by atoms with Crippen molar-refractivity contribution in [3.8, 4) is 0 Å². The molecule has 0 unspecified atom stereocenters. The highest BCUT2D eigenvalue weighted by Gasteiger charge is 2.29. The molecule has 1 aliphatic rings. The lowest BCUT2D eigenvalue weighted by molar-refractivity contribution is 0.0676.